The lowest BCUT2D eigenvalue weighted by atomic mass is 10.1. The van der Waals surface area contributed by atoms with Gasteiger partial charge in [0.1, 0.15) is 5.75 Å². The number of amides is 1. The van der Waals surface area contributed by atoms with Gasteiger partial charge in [-0.3, -0.25) is 4.79 Å². The van der Waals surface area contributed by atoms with Crippen LogP contribution in [0, 0.1) is 0 Å². The highest BCUT2D eigenvalue weighted by Crippen LogP contribution is 2.23. The van der Waals surface area contributed by atoms with Gasteiger partial charge in [-0.15, -0.1) is 5.10 Å². The molecule has 1 aromatic carbocycles. The molecule has 2 aromatic heterocycles. The first-order chi connectivity index (χ1) is 12.9. The van der Waals surface area contributed by atoms with Crippen LogP contribution in [0.2, 0.25) is 0 Å². The Kier molecular flexibility index (Phi) is 5.16. The lowest BCUT2D eigenvalue weighted by molar-refractivity contribution is 0.0948. The van der Waals surface area contributed by atoms with Crippen LogP contribution in [-0.4, -0.2) is 42.5 Å². The van der Waals surface area contributed by atoms with Gasteiger partial charge >= 0.3 is 0 Å². The third kappa shape index (κ3) is 3.79. The van der Waals surface area contributed by atoms with Crippen molar-refractivity contribution >= 4 is 33.9 Å². The van der Waals surface area contributed by atoms with Crippen LogP contribution in [0.15, 0.2) is 32.4 Å². The van der Waals surface area contributed by atoms with Crippen LogP contribution in [0.1, 0.15) is 41.5 Å². The molecule has 1 amide bonds. The van der Waals surface area contributed by atoms with E-state index in [9.17, 15) is 9.90 Å². The van der Waals surface area contributed by atoms with Crippen molar-refractivity contribution in [3.05, 3.63) is 39.6 Å². The second-order valence-electron chi connectivity index (χ2n) is 5.77. The van der Waals surface area contributed by atoms with E-state index in [0.717, 1.165) is 4.47 Å². The number of halogens is 1. The van der Waals surface area contributed by atoms with E-state index >= 15 is 0 Å². The average molecular weight is 435 g/mol. The van der Waals surface area contributed by atoms with E-state index in [1.807, 2.05) is 13.8 Å². The van der Waals surface area contributed by atoms with E-state index in [0.29, 0.717) is 11.3 Å². The van der Waals surface area contributed by atoms with Crippen LogP contribution < -0.4 is 11.2 Å². The lowest BCUT2D eigenvalue weighted by Gasteiger charge is -2.08. The number of carbonyl (C=O) groups excluding carboxylic acids is 1. The third-order valence-corrected chi connectivity index (χ3v) is 4.02. The second kappa shape index (κ2) is 7.53. The highest BCUT2D eigenvalue weighted by Gasteiger charge is 2.25. The van der Waals surface area contributed by atoms with Gasteiger partial charge in [0.15, 0.2) is 5.69 Å². The number of anilines is 1. The minimum absolute atomic E-state index is 0.0249. The number of nitrogens with one attached hydrogen (secondary N) is 1. The number of hydrogen-bond donors (Lipinski definition) is 3. The van der Waals surface area contributed by atoms with Crippen molar-refractivity contribution in [2.75, 3.05) is 5.73 Å². The summed E-state index contributed by atoms with van der Waals surface area (Å²) in [5, 5.41) is 28.6. The van der Waals surface area contributed by atoms with Crippen LogP contribution in [0.25, 0.3) is 5.82 Å². The Morgan fingerprint density at radius 1 is 1.44 bits per heavy atom. The molecule has 0 fully saturated rings. The maximum absolute atomic E-state index is 12.5. The highest BCUT2D eigenvalue weighted by molar-refractivity contribution is 9.10. The number of nitrogen functional groups attached to an aromatic ring is 1. The molecule has 4 N–H and O–H groups in total. The fourth-order valence-electron chi connectivity index (χ4n) is 2.31. The number of hydrogen-bond acceptors (Lipinski definition) is 9. The van der Waals surface area contributed by atoms with Gasteiger partial charge in [0, 0.05) is 10.0 Å². The molecule has 3 aromatic rings. The smallest absolute Gasteiger partial charge is 0.293 e. The number of benzene rings is 1. The summed E-state index contributed by atoms with van der Waals surface area (Å²) in [5.74, 6) is -0.510. The minimum atomic E-state index is -0.578. The molecule has 0 atom stereocenters. The molecule has 11 nitrogen and oxygen atoms in total. The van der Waals surface area contributed by atoms with Crippen molar-refractivity contribution < 1.29 is 14.5 Å². The summed E-state index contributed by atoms with van der Waals surface area (Å²) in [6.07, 6.45) is 1.32. The summed E-state index contributed by atoms with van der Waals surface area (Å²) in [6.45, 7) is 3.72. The largest absolute Gasteiger partial charge is 0.507 e. The number of nitrogens with two attached hydrogens (primary N) is 1. The van der Waals surface area contributed by atoms with E-state index in [-0.39, 0.29) is 29.0 Å². The van der Waals surface area contributed by atoms with Crippen LogP contribution in [0.4, 0.5) is 5.82 Å². The van der Waals surface area contributed by atoms with Gasteiger partial charge in [0.2, 0.25) is 11.6 Å². The normalized spacial score (nSPS) is 11.4. The van der Waals surface area contributed by atoms with Crippen molar-refractivity contribution in [2.24, 2.45) is 5.10 Å². The molecule has 0 aliphatic carbocycles. The molecule has 0 radical (unpaired) electrons. The van der Waals surface area contributed by atoms with Gasteiger partial charge in [-0.2, -0.15) is 9.78 Å². The predicted octanol–water partition coefficient (Wildman–Crippen LogP) is 1.59. The Balaban J connectivity index is 1.85. The molecule has 140 valence electrons. The molecule has 0 saturated carbocycles. The maximum atomic E-state index is 12.5. The number of carbonyl (C=O) groups is 1. The molecule has 0 aliphatic heterocycles. The standard InChI is InChI=1S/C15H15BrN8O3/c1-7(2)12-11(19-23-24(12)14-13(17)21-27-22-14)15(26)20-18-6-8-5-9(16)3-4-10(8)25/h3-7,25H,1-2H3,(H2,17,21)(H,20,26). The molecule has 0 unspecified atom stereocenters. The number of nitrogens with zero attached hydrogens (tertiary/aromatic N) is 6. The van der Waals surface area contributed by atoms with E-state index in [4.69, 9.17) is 5.73 Å². The molecule has 2 heterocycles. The minimum Gasteiger partial charge on any atom is -0.507 e. The van der Waals surface area contributed by atoms with Gasteiger partial charge in [-0.1, -0.05) is 35.0 Å². The first kappa shape index (κ1) is 18.5. The molecule has 0 spiro atoms. The first-order valence-corrected chi connectivity index (χ1v) is 8.53. The highest BCUT2D eigenvalue weighted by atomic mass is 79.9. The fourth-order valence-corrected chi connectivity index (χ4v) is 2.68. The van der Waals surface area contributed by atoms with Gasteiger partial charge < -0.3 is 10.8 Å². The van der Waals surface area contributed by atoms with E-state index in [2.05, 4.69) is 51.7 Å². The fraction of sp³-hybridized carbons (Fsp3) is 0.200. The van der Waals surface area contributed by atoms with Gasteiger partial charge in [0.25, 0.3) is 5.91 Å². The zero-order chi connectivity index (χ0) is 19.6. The van der Waals surface area contributed by atoms with Crippen molar-refractivity contribution in [1.29, 1.82) is 0 Å². The van der Waals surface area contributed by atoms with Crippen molar-refractivity contribution in [3.63, 3.8) is 0 Å². The molecule has 0 saturated heterocycles. The first-order valence-electron chi connectivity index (χ1n) is 7.74. The molecule has 12 heteroatoms. The monoisotopic (exact) mass is 434 g/mol. The van der Waals surface area contributed by atoms with Crippen molar-refractivity contribution in [1.82, 2.24) is 30.7 Å². The van der Waals surface area contributed by atoms with Gasteiger partial charge in [0.05, 0.1) is 11.9 Å². The van der Waals surface area contributed by atoms with E-state index in [1.165, 1.54) is 17.0 Å². The number of aromatic hydroxyl groups is 1. The zero-order valence-electron chi connectivity index (χ0n) is 14.3. The Labute approximate surface area is 161 Å². The summed E-state index contributed by atoms with van der Waals surface area (Å²) < 4.78 is 6.64. The van der Waals surface area contributed by atoms with Gasteiger partial charge in [-0.25, -0.2) is 10.1 Å². The molecule has 0 bridgehead atoms. The average Bonchev–Trinajstić information content (AvgIpc) is 3.23. The van der Waals surface area contributed by atoms with E-state index < -0.39 is 5.91 Å². The zero-order valence-corrected chi connectivity index (χ0v) is 15.9. The summed E-state index contributed by atoms with van der Waals surface area (Å²) in [6, 6.07) is 4.84. The van der Waals surface area contributed by atoms with E-state index in [1.54, 1.807) is 12.1 Å². The predicted molar refractivity (Wildman–Crippen MR) is 98.6 cm³/mol. The van der Waals surface area contributed by atoms with Crippen molar-refractivity contribution in [3.8, 4) is 11.6 Å². The Morgan fingerprint density at radius 3 is 2.89 bits per heavy atom. The molecule has 3 rings (SSSR count). The Bertz CT molecular complexity index is 1010. The topological polar surface area (TPSA) is 157 Å². The van der Waals surface area contributed by atoms with Crippen LogP contribution >= 0.6 is 15.9 Å². The number of rotatable bonds is 5. The quantitative estimate of drug-likeness (QED) is 0.403. The molecule has 0 aliphatic rings. The number of phenols is 1. The SMILES string of the molecule is CC(C)c1c(C(=O)NN=Cc2cc(Br)ccc2O)nnn1-c1nonc1N. The molecule has 27 heavy (non-hydrogen) atoms. The second-order valence-corrected chi connectivity index (χ2v) is 6.68. The number of phenolic OH excluding ortho intramolecular Hbond substituents is 1. The Morgan fingerprint density at radius 2 is 2.22 bits per heavy atom. The summed E-state index contributed by atoms with van der Waals surface area (Å²) in [4.78, 5) is 12.5. The van der Waals surface area contributed by atoms with Crippen LogP contribution in [0.3, 0.4) is 0 Å². The summed E-state index contributed by atoms with van der Waals surface area (Å²) in [5.41, 5.74) is 9.01. The number of aromatic nitrogens is 5. The number of hydrazone groups is 1. The molecular weight excluding hydrogens is 420 g/mol. The summed E-state index contributed by atoms with van der Waals surface area (Å²) >= 11 is 3.30. The third-order valence-electron chi connectivity index (χ3n) is 3.52. The van der Waals surface area contributed by atoms with Crippen LogP contribution in [-0.2, 0) is 0 Å². The van der Waals surface area contributed by atoms with Crippen LogP contribution in [0.5, 0.6) is 5.75 Å². The summed E-state index contributed by atoms with van der Waals surface area (Å²) in [7, 11) is 0. The lowest BCUT2D eigenvalue weighted by Crippen LogP contribution is -2.21. The van der Waals surface area contributed by atoms with Crippen molar-refractivity contribution in [2.45, 2.75) is 19.8 Å². The molecular formula is C15H15BrN8O3. The Hall–Kier alpha value is -3.28. The van der Waals surface area contributed by atoms with Gasteiger partial charge in [-0.05, 0) is 34.4 Å². The maximum Gasteiger partial charge on any atom is 0.293 e.